The van der Waals surface area contributed by atoms with Crippen LogP contribution in [0.15, 0.2) is 18.2 Å². The van der Waals surface area contributed by atoms with Crippen LogP contribution in [0.1, 0.15) is 18.9 Å². The fourth-order valence-electron chi connectivity index (χ4n) is 1.12. The molecule has 0 saturated carbocycles. The van der Waals surface area contributed by atoms with Crippen LogP contribution in [-0.4, -0.2) is 6.54 Å². The van der Waals surface area contributed by atoms with E-state index in [0.29, 0.717) is 12.2 Å². The molecule has 0 amide bonds. The van der Waals surface area contributed by atoms with E-state index >= 15 is 0 Å². The van der Waals surface area contributed by atoms with Gasteiger partial charge in [-0.25, -0.2) is 0 Å². The SMILES string of the molecule is CCCNc1cc(Cl)cc(C(F)(F)F)c1. The largest absolute Gasteiger partial charge is 0.416 e. The van der Waals surface area contributed by atoms with Crippen molar-refractivity contribution in [3.63, 3.8) is 0 Å². The summed E-state index contributed by atoms with van der Waals surface area (Å²) < 4.78 is 37.2. The second kappa shape index (κ2) is 4.75. The number of benzene rings is 1. The molecule has 15 heavy (non-hydrogen) atoms. The normalized spacial score (nSPS) is 11.5. The first-order chi connectivity index (χ1) is 6.93. The second-order valence-corrected chi connectivity index (χ2v) is 3.59. The lowest BCUT2D eigenvalue weighted by atomic mass is 10.2. The van der Waals surface area contributed by atoms with Crippen molar-refractivity contribution in [1.29, 1.82) is 0 Å². The maximum Gasteiger partial charge on any atom is 0.416 e. The molecule has 0 spiro atoms. The summed E-state index contributed by atoms with van der Waals surface area (Å²) in [6, 6.07) is 3.45. The molecular formula is C10H11ClF3N. The number of halogens is 4. The van der Waals surface area contributed by atoms with Gasteiger partial charge in [0.25, 0.3) is 0 Å². The Kier molecular flexibility index (Phi) is 3.85. The van der Waals surface area contributed by atoms with E-state index in [-0.39, 0.29) is 5.02 Å². The molecule has 1 nitrogen and oxygen atoms in total. The highest BCUT2D eigenvalue weighted by molar-refractivity contribution is 6.30. The molecule has 5 heteroatoms. The van der Waals surface area contributed by atoms with Crippen LogP contribution in [0.5, 0.6) is 0 Å². The van der Waals surface area contributed by atoms with E-state index in [2.05, 4.69) is 5.32 Å². The van der Waals surface area contributed by atoms with Crippen molar-refractivity contribution in [3.05, 3.63) is 28.8 Å². The molecule has 0 aromatic heterocycles. The number of hydrogen-bond donors (Lipinski definition) is 1. The van der Waals surface area contributed by atoms with Gasteiger partial charge >= 0.3 is 6.18 Å². The van der Waals surface area contributed by atoms with Gasteiger partial charge in [-0.05, 0) is 24.6 Å². The molecule has 0 saturated heterocycles. The van der Waals surface area contributed by atoms with E-state index in [0.717, 1.165) is 18.6 Å². The molecule has 1 rings (SSSR count). The molecule has 1 aromatic carbocycles. The molecule has 1 N–H and O–H groups in total. The summed E-state index contributed by atoms with van der Waals surface area (Å²) in [6.45, 7) is 2.56. The Morgan fingerprint density at radius 1 is 1.27 bits per heavy atom. The fraction of sp³-hybridized carbons (Fsp3) is 0.400. The topological polar surface area (TPSA) is 12.0 Å². The first-order valence-electron chi connectivity index (χ1n) is 4.55. The zero-order chi connectivity index (χ0) is 11.5. The first-order valence-corrected chi connectivity index (χ1v) is 4.93. The molecule has 0 aliphatic heterocycles. The number of nitrogens with one attached hydrogen (secondary N) is 1. The Morgan fingerprint density at radius 2 is 1.93 bits per heavy atom. The average Bonchev–Trinajstić information content (AvgIpc) is 2.12. The predicted molar refractivity (Wildman–Crippen MR) is 55.2 cm³/mol. The minimum Gasteiger partial charge on any atom is -0.385 e. The van der Waals surface area contributed by atoms with E-state index in [1.165, 1.54) is 6.07 Å². The fourth-order valence-corrected chi connectivity index (χ4v) is 1.36. The summed E-state index contributed by atoms with van der Waals surface area (Å²) in [5, 5.41) is 2.95. The van der Waals surface area contributed by atoms with Crippen LogP contribution in [-0.2, 0) is 6.18 Å². The zero-order valence-corrected chi connectivity index (χ0v) is 8.91. The molecule has 0 heterocycles. The molecule has 0 atom stereocenters. The minimum absolute atomic E-state index is 0.0865. The third-order valence-electron chi connectivity index (χ3n) is 1.80. The highest BCUT2D eigenvalue weighted by Gasteiger charge is 2.31. The molecule has 0 unspecified atom stereocenters. The van der Waals surface area contributed by atoms with Gasteiger partial charge in [-0.15, -0.1) is 0 Å². The van der Waals surface area contributed by atoms with Gasteiger partial charge in [-0.2, -0.15) is 13.2 Å². The standard InChI is InChI=1S/C10H11ClF3N/c1-2-3-15-9-5-7(10(12,13)14)4-8(11)6-9/h4-6,15H,2-3H2,1H3. The second-order valence-electron chi connectivity index (χ2n) is 3.15. The van der Waals surface area contributed by atoms with E-state index in [9.17, 15) is 13.2 Å². The maximum atomic E-state index is 12.4. The highest BCUT2D eigenvalue weighted by atomic mass is 35.5. The van der Waals surface area contributed by atoms with Crippen molar-refractivity contribution in [2.45, 2.75) is 19.5 Å². The Hall–Kier alpha value is -0.900. The third kappa shape index (κ3) is 3.63. The zero-order valence-electron chi connectivity index (χ0n) is 8.16. The van der Waals surface area contributed by atoms with Gasteiger partial charge in [-0.3, -0.25) is 0 Å². The van der Waals surface area contributed by atoms with Crippen LogP contribution in [0.2, 0.25) is 5.02 Å². The number of anilines is 1. The number of rotatable bonds is 3. The van der Waals surface area contributed by atoms with Gasteiger partial charge in [0.05, 0.1) is 5.56 Å². The number of hydrogen-bond acceptors (Lipinski definition) is 1. The van der Waals surface area contributed by atoms with Crippen LogP contribution in [0, 0.1) is 0 Å². The van der Waals surface area contributed by atoms with Gasteiger partial charge in [0, 0.05) is 17.3 Å². The van der Waals surface area contributed by atoms with E-state index < -0.39 is 11.7 Å². The van der Waals surface area contributed by atoms with Gasteiger partial charge in [0.15, 0.2) is 0 Å². The van der Waals surface area contributed by atoms with Crippen LogP contribution in [0.25, 0.3) is 0 Å². The Balaban J connectivity index is 2.95. The van der Waals surface area contributed by atoms with Crippen molar-refractivity contribution < 1.29 is 13.2 Å². The van der Waals surface area contributed by atoms with Crippen molar-refractivity contribution in [3.8, 4) is 0 Å². The lowest BCUT2D eigenvalue weighted by molar-refractivity contribution is -0.137. The molecule has 1 aromatic rings. The van der Waals surface area contributed by atoms with Crippen LogP contribution >= 0.6 is 11.6 Å². The minimum atomic E-state index is -4.35. The third-order valence-corrected chi connectivity index (χ3v) is 2.02. The monoisotopic (exact) mass is 237 g/mol. The van der Waals surface area contributed by atoms with Crippen molar-refractivity contribution in [1.82, 2.24) is 0 Å². The Morgan fingerprint density at radius 3 is 2.47 bits per heavy atom. The lowest BCUT2D eigenvalue weighted by Gasteiger charge is -2.10. The molecule has 0 fully saturated rings. The summed E-state index contributed by atoms with van der Waals surface area (Å²) in [4.78, 5) is 0. The summed E-state index contributed by atoms with van der Waals surface area (Å²) in [5.74, 6) is 0. The van der Waals surface area contributed by atoms with Crippen LogP contribution in [0.3, 0.4) is 0 Å². The van der Waals surface area contributed by atoms with Crippen molar-refractivity contribution in [2.24, 2.45) is 0 Å². The summed E-state index contributed by atoms with van der Waals surface area (Å²) >= 11 is 5.59. The Labute approximate surface area is 91.2 Å². The van der Waals surface area contributed by atoms with Crippen molar-refractivity contribution >= 4 is 17.3 Å². The molecule has 0 aliphatic carbocycles. The van der Waals surface area contributed by atoms with E-state index in [1.54, 1.807) is 0 Å². The van der Waals surface area contributed by atoms with Crippen LogP contribution < -0.4 is 5.32 Å². The molecular weight excluding hydrogens is 227 g/mol. The van der Waals surface area contributed by atoms with Crippen molar-refractivity contribution in [2.75, 3.05) is 11.9 Å². The van der Waals surface area contributed by atoms with E-state index in [4.69, 9.17) is 11.6 Å². The molecule has 0 bridgehead atoms. The average molecular weight is 238 g/mol. The smallest absolute Gasteiger partial charge is 0.385 e. The Bertz CT molecular complexity index is 336. The quantitative estimate of drug-likeness (QED) is 0.832. The van der Waals surface area contributed by atoms with E-state index in [1.807, 2.05) is 6.92 Å². The molecule has 0 radical (unpaired) electrons. The maximum absolute atomic E-state index is 12.4. The first kappa shape index (κ1) is 12.2. The predicted octanol–water partition coefficient (Wildman–Crippen LogP) is 4.18. The summed E-state index contributed by atoms with van der Waals surface area (Å²) in [7, 11) is 0. The lowest BCUT2D eigenvalue weighted by Crippen LogP contribution is -2.07. The van der Waals surface area contributed by atoms with Gasteiger partial charge in [0.1, 0.15) is 0 Å². The van der Waals surface area contributed by atoms with Gasteiger partial charge in [-0.1, -0.05) is 18.5 Å². The molecule has 84 valence electrons. The summed E-state index contributed by atoms with van der Waals surface area (Å²) in [5.41, 5.74) is -0.328. The molecule has 0 aliphatic rings. The highest BCUT2D eigenvalue weighted by Crippen LogP contribution is 2.33. The number of alkyl halides is 3. The van der Waals surface area contributed by atoms with Gasteiger partial charge < -0.3 is 5.32 Å². The van der Waals surface area contributed by atoms with Crippen LogP contribution in [0.4, 0.5) is 18.9 Å². The summed E-state index contributed by atoms with van der Waals surface area (Å²) in [6.07, 6.45) is -3.51. The van der Waals surface area contributed by atoms with Gasteiger partial charge in [0.2, 0.25) is 0 Å².